The van der Waals surface area contributed by atoms with Crippen molar-refractivity contribution in [1.82, 2.24) is 29.6 Å². The largest absolute Gasteiger partial charge is 0.374 e. The summed E-state index contributed by atoms with van der Waals surface area (Å²) in [5.74, 6) is 0. The Balaban J connectivity index is 1.65. The monoisotopic (exact) mass is 508 g/mol. The standard InChI is InChI=1S/C29H25ClN6O/c1-3-5-19-6-4-7-20(14-19)24-16-28-32-33-34-36(28)26-13-10-22(15-25(24)26)29(37,27-17-31-18-35(27)2)21-8-11-23(30)12-9-21/h4,6-18,37H,3,5H2,1-2H3. The normalized spacial score (nSPS) is 13.3. The van der Waals surface area contributed by atoms with Crippen molar-refractivity contribution in [2.45, 2.75) is 25.4 Å². The predicted molar refractivity (Wildman–Crippen MR) is 144 cm³/mol. The molecule has 1 atom stereocenters. The van der Waals surface area contributed by atoms with E-state index >= 15 is 0 Å². The minimum atomic E-state index is -1.47. The van der Waals surface area contributed by atoms with Gasteiger partial charge in [0.1, 0.15) is 0 Å². The molecule has 0 aliphatic carbocycles. The van der Waals surface area contributed by atoms with Crippen LogP contribution in [-0.4, -0.2) is 34.7 Å². The Labute approximate surface area is 219 Å². The van der Waals surface area contributed by atoms with Gasteiger partial charge in [-0.2, -0.15) is 4.52 Å². The number of benzene rings is 3. The van der Waals surface area contributed by atoms with Gasteiger partial charge < -0.3 is 9.67 Å². The Hall–Kier alpha value is -4.07. The molecule has 184 valence electrons. The fourth-order valence-corrected chi connectivity index (χ4v) is 5.23. The highest BCUT2D eigenvalue weighted by Gasteiger charge is 2.37. The van der Waals surface area contributed by atoms with Crippen LogP contribution in [0.3, 0.4) is 0 Å². The number of nitrogens with zero attached hydrogens (tertiary/aromatic N) is 6. The summed E-state index contributed by atoms with van der Waals surface area (Å²) < 4.78 is 3.56. The van der Waals surface area contributed by atoms with E-state index in [4.69, 9.17) is 11.6 Å². The highest BCUT2D eigenvalue weighted by atomic mass is 35.5. The first-order valence-corrected chi connectivity index (χ1v) is 12.6. The number of pyridine rings is 1. The molecule has 6 rings (SSSR count). The second-order valence-electron chi connectivity index (χ2n) is 9.30. The first-order chi connectivity index (χ1) is 18.0. The van der Waals surface area contributed by atoms with Crippen LogP contribution in [0.2, 0.25) is 5.02 Å². The van der Waals surface area contributed by atoms with Crippen molar-refractivity contribution in [2.24, 2.45) is 7.05 Å². The zero-order valence-corrected chi connectivity index (χ0v) is 21.3. The van der Waals surface area contributed by atoms with Gasteiger partial charge in [-0.25, -0.2) is 4.98 Å². The third kappa shape index (κ3) is 3.87. The maximum atomic E-state index is 12.4. The van der Waals surface area contributed by atoms with Gasteiger partial charge in [-0.05, 0) is 75.0 Å². The molecule has 0 saturated heterocycles. The van der Waals surface area contributed by atoms with E-state index in [9.17, 15) is 5.11 Å². The van der Waals surface area contributed by atoms with Crippen molar-refractivity contribution < 1.29 is 5.11 Å². The molecule has 0 aliphatic heterocycles. The topological polar surface area (TPSA) is 81.1 Å². The summed E-state index contributed by atoms with van der Waals surface area (Å²) in [5, 5.41) is 26.3. The number of imidazole rings is 1. The van der Waals surface area contributed by atoms with E-state index in [0.717, 1.165) is 34.9 Å². The molecule has 0 aliphatic rings. The van der Waals surface area contributed by atoms with Crippen LogP contribution in [0.25, 0.3) is 27.7 Å². The van der Waals surface area contributed by atoms with Gasteiger partial charge in [-0.3, -0.25) is 0 Å². The van der Waals surface area contributed by atoms with Crippen LogP contribution in [0.5, 0.6) is 0 Å². The van der Waals surface area contributed by atoms with Crippen molar-refractivity contribution in [1.29, 1.82) is 0 Å². The fraction of sp³-hybridized carbons (Fsp3) is 0.172. The van der Waals surface area contributed by atoms with Gasteiger partial charge >= 0.3 is 0 Å². The lowest BCUT2D eigenvalue weighted by Gasteiger charge is -2.30. The molecule has 1 unspecified atom stereocenters. The smallest absolute Gasteiger partial charge is 0.180 e. The van der Waals surface area contributed by atoms with Gasteiger partial charge in [-0.1, -0.05) is 67.4 Å². The third-order valence-corrected chi connectivity index (χ3v) is 7.18. The SMILES string of the molecule is CCCc1cccc(-c2cc3nnnn3c3ccc(C(O)(c4ccc(Cl)cc4)c4cncn4C)cc23)c1. The van der Waals surface area contributed by atoms with Crippen molar-refractivity contribution in [3.05, 3.63) is 113 Å². The number of tetrazole rings is 1. The molecule has 0 amide bonds. The van der Waals surface area contributed by atoms with Crippen LogP contribution < -0.4 is 0 Å². The van der Waals surface area contributed by atoms with Gasteiger partial charge in [0.05, 0.1) is 23.7 Å². The minimum Gasteiger partial charge on any atom is -0.374 e. The molecule has 0 bridgehead atoms. The van der Waals surface area contributed by atoms with E-state index in [1.165, 1.54) is 5.56 Å². The number of aromatic nitrogens is 6. The van der Waals surface area contributed by atoms with Gasteiger partial charge in [0.15, 0.2) is 11.2 Å². The Morgan fingerprint density at radius 3 is 2.54 bits per heavy atom. The van der Waals surface area contributed by atoms with Crippen LogP contribution in [-0.2, 0) is 19.1 Å². The second-order valence-corrected chi connectivity index (χ2v) is 9.73. The zero-order valence-electron chi connectivity index (χ0n) is 20.5. The molecular formula is C29H25ClN6O. The molecule has 0 spiro atoms. The van der Waals surface area contributed by atoms with Gasteiger partial charge in [0.2, 0.25) is 0 Å². The molecule has 0 saturated carbocycles. The minimum absolute atomic E-state index is 0.602. The molecule has 0 fully saturated rings. The fourth-order valence-electron chi connectivity index (χ4n) is 5.11. The molecule has 3 heterocycles. The summed E-state index contributed by atoms with van der Waals surface area (Å²) in [6, 6.07) is 23.7. The lowest BCUT2D eigenvalue weighted by molar-refractivity contribution is 0.117. The number of halogens is 1. The van der Waals surface area contributed by atoms with Crippen LogP contribution in [0.15, 0.2) is 85.3 Å². The van der Waals surface area contributed by atoms with Gasteiger partial charge in [0, 0.05) is 17.5 Å². The van der Waals surface area contributed by atoms with E-state index in [2.05, 4.69) is 51.7 Å². The summed E-state index contributed by atoms with van der Waals surface area (Å²) in [7, 11) is 1.87. The summed E-state index contributed by atoms with van der Waals surface area (Å²) in [6.45, 7) is 2.18. The quantitative estimate of drug-likeness (QED) is 0.318. The van der Waals surface area contributed by atoms with E-state index in [1.807, 2.05) is 48.0 Å². The van der Waals surface area contributed by atoms with Gasteiger partial charge in [0.25, 0.3) is 0 Å². The third-order valence-electron chi connectivity index (χ3n) is 6.93. The Bertz CT molecular complexity index is 1740. The van der Waals surface area contributed by atoms with Crippen LogP contribution in [0.4, 0.5) is 0 Å². The second kappa shape index (κ2) is 9.10. The molecule has 3 aromatic carbocycles. The van der Waals surface area contributed by atoms with Crippen molar-refractivity contribution in [2.75, 3.05) is 0 Å². The first kappa shape index (κ1) is 23.3. The molecular weight excluding hydrogens is 484 g/mol. The number of fused-ring (bicyclic) bond motifs is 3. The summed E-state index contributed by atoms with van der Waals surface area (Å²) in [4.78, 5) is 4.29. The molecule has 1 N–H and O–H groups in total. The maximum absolute atomic E-state index is 12.4. The first-order valence-electron chi connectivity index (χ1n) is 12.2. The lowest BCUT2D eigenvalue weighted by atomic mass is 9.82. The highest BCUT2D eigenvalue weighted by molar-refractivity contribution is 6.30. The maximum Gasteiger partial charge on any atom is 0.180 e. The molecule has 37 heavy (non-hydrogen) atoms. The molecule has 7 nitrogen and oxygen atoms in total. The van der Waals surface area contributed by atoms with Crippen molar-refractivity contribution in [3.63, 3.8) is 0 Å². The molecule has 3 aromatic heterocycles. The van der Waals surface area contributed by atoms with Crippen molar-refractivity contribution in [3.8, 4) is 11.1 Å². The average Bonchev–Trinajstić information content (AvgIpc) is 3.57. The van der Waals surface area contributed by atoms with E-state index in [0.29, 0.717) is 27.5 Å². The summed E-state index contributed by atoms with van der Waals surface area (Å²) in [5.41, 5.74) is 5.43. The van der Waals surface area contributed by atoms with Gasteiger partial charge in [-0.15, -0.1) is 5.10 Å². The zero-order chi connectivity index (χ0) is 25.6. The number of hydrogen-bond acceptors (Lipinski definition) is 5. The summed E-state index contributed by atoms with van der Waals surface area (Å²) >= 11 is 6.19. The van der Waals surface area contributed by atoms with Crippen LogP contribution in [0.1, 0.15) is 35.7 Å². The Morgan fingerprint density at radius 1 is 0.973 bits per heavy atom. The summed E-state index contributed by atoms with van der Waals surface area (Å²) in [6.07, 6.45) is 5.45. The predicted octanol–water partition coefficient (Wildman–Crippen LogP) is 5.57. The average molecular weight is 509 g/mol. The number of aryl methyl sites for hydroxylation is 2. The number of rotatable bonds is 6. The van der Waals surface area contributed by atoms with E-state index in [-0.39, 0.29) is 0 Å². The number of hydrogen-bond donors (Lipinski definition) is 1. The molecule has 8 heteroatoms. The van der Waals surface area contributed by atoms with E-state index in [1.54, 1.807) is 29.2 Å². The Kier molecular flexibility index (Phi) is 5.74. The van der Waals surface area contributed by atoms with Crippen LogP contribution in [0, 0.1) is 0 Å². The van der Waals surface area contributed by atoms with E-state index < -0.39 is 5.60 Å². The Morgan fingerprint density at radius 2 is 1.78 bits per heavy atom. The lowest BCUT2D eigenvalue weighted by Crippen LogP contribution is -2.31. The van der Waals surface area contributed by atoms with Crippen molar-refractivity contribution >= 4 is 28.2 Å². The molecule has 6 aromatic rings. The van der Waals surface area contributed by atoms with Crippen LogP contribution >= 0.6 is 11.6 Å². The highest BCUT2D eigenvalue weighted by Crippen LogP contribution is 2.40. The number of aliphatic hydroxyl groups is 1. The molecule has 0 radical (unpaired) electrons.